The third-order valence-corrected chi connectivity index (χ3v) is 5.45. The number of rotatable bonds is 8. The molecule has 2 aromatic carbocycles. The number of aryl methyl sites for hydroxylation is 2. The first-order valence-corrected chi connectivity index (χ1v) is 10.8. The number of anilines is 1. The number of pyridine rings is 1. The molecule has 33 heavy (non-hydrogen) atoms. The molecule has 1 amide bonds. The monoisotopic (exact) mass is 443 g/mol. The fourth-order valence-corrected chi connectivity index (χ4v) is 3.57. The Labute approximate surface area is 192 Å². The second kappa shape index (κ2) is 10.2. The van der Waals surface area contributed by atoms with Gasteiger partial charge in [0.25, 0.3) is 0 Å². The van der Waals surface area contributed by atoms with Crippen LogP contribution in [0.5, 0.6) is 0 Å². The van der Waals surface area contributed by atoms with Gasteiger partial charge in [-0.05, 0) is 48.2 Å². The summed E-state index contributed by atoms with van der Waals surface area (Å²) in [4.78, 5) is 17.5. The Hall–Kier alpha value is -3.84. The quantitative estimate of drug-likeness (QED) is 0.422. The topological polar surface area (TPSA) is 71.8 Å². The van der Waals surface area contributed by atoms with Crippen LogP contribution in [-0.4, -0.2) is 27.2 Å². The van der Waals surface area contributed by atoms with E-state index in [2.05, 4.69) is 20.7 Å². The number of benzene rings is 2. The van der Waals surface area contributed by atoms with E-state index in [0.29, 0.717) is 24.3 Å². The molecule has 0 aliphatic heterocycles. The second-order valence-corrected chi connectivity index (χ2v) is 7.96. The van der Waals surface area contributed by atoms with E-state index in [1.807, 2.05) is 55.7 Å². The number of aromatic nitrogens is 3. The lowest BCUT2D eigenvalue weighted by Crippen LogP contribution is -2.34. The maximum atomic E-state index is 13.8. The van der Waals surface area contributed by atoms with Gasteiger partial charge in [-0.3, -0.25) is 9.48 Å². The third-order valence-electron chi connectivity index (χ3n) is 5.45. The van der Waals surface area contributed by atoms with Crippen LogP contribution in [0.2, 0.25) is 0 Å². The molecule has 6 nitrogen and oxygen atoms in total. The minimum atomic E-state index is -0.568. The molecule has 2 N–H and O–H groups in total. The van der Waals surface area contributed by atoms with Crippen molar-refractivity contribution in [3.8, 4) is 11.1 Å². The first-order chi connectivity index (χ1) is 16.0. The van der Waals surface area contributed by atoms with Gasteiger partial charge in [0.2, 0.25) is 5.91 Å². The van der Waals surface area contributed by atoms with Gasteiger partial charge in [-0.2, -0.15) is 5.10 Å². The molecule has 0 saturated heterocycles. The van der Waals surface area contributed by atoms with Gasteiger partial charge in [0.05, 0.1) is 6.20 Å². The summed E-state index contributed by atoms with van der Waals surface area (Å²) in [6.45, 7) is 2.26. The van der Waals surface area contributed by atoms with Crippen LogP contribution in [0, 0.1) is 12.7 Å². The van der Waals surface area contributed by atoms with E-state index < -0.39 is 6.04 Å². The lowest BCUT2D eigenvalue weighted by Gasteiger charge is -2.19. The van der Waals surface area contributed by atoms with Crippen LogP contribution in [-0.2, 0) is 18.3 Å². The highest BCUT2D eigenvalue weighted by atomic mass is 19.1. The number of carbonyl (C=O) groups is 1. The molecule has 4 aromatic rings. The molecule has 168 valence electrons. The number of nitrogens with zero attached hydrogens (tertiary/aromatic N) is 3. The number of nitrogens with one attached hydrogen (secondary N) is 2. The molecule has 7 heteroatoms. The summed E-state index contributed by atoms with van der Waals surface area (Å²) in [5, 5.41) is 10.4. The first-order valence-electron chi connectivity index (χ1n) is 10.8. The maximum absolute atomic E-state index is 13.8. The highest BCUT2D eigenvalue weighted by Gasteiger charge is 2.20. The van der Waals surface area contributed by atoms with Gasteiger partial charge in [0.15, 0.2) is 0 Å². The van der Waals surface area contributed by atoms with Gasteiger partial charge in [-0.25, -0.2) is 9.37 Å². The van der Waals surface area contributed by atoms with E-state index >= 15 is 0 Å². The minimum Gasteiger partial charge on any atom is -0.309 e. The Morgan fingerprint density at radius 3 is 2.55 bits per heavy atom. The van der Waals surface area contributed by atoms with Gasteiger partial charge in [-0.15, -0.1) is 0 Å². The molecule has 0 spiro atoms. The molecule has 2 aromatic heterocycles. The predicted molar refractivity (Wildman–Crippen MR) is 127 cm³/mol. The Balaban J connectivity index is 1.44. The summed E-state index contributed by atoms with van der Waals surface area (Å²) in [5.41, 5.74) is 4.22. The van der Waals surface area contributed by atoms with Crippen molar-refractivity contribution in [3.63, 3.8) is 0 Å². The number of hydrogen-bond acceptors (Lipinski definition) is 4. The van der Waals surface area contributed by atoms with Gasteiger partial charge in [-0.1, -0.05) is 42.5 Å². The standard InChI is InChI=1S/C26H26FN5O/c1-18-8-9-19(14-23(18)27)12-13-28-25(20-6-4-3-5-7-20)26(33)31-24-11-10-21(15-29-24)22-16-30-32(2)17-22/h3-11,14-17,25,28H,12-13H2,1-2H3,(H,29,31,33)/t25-/m0/s1. The number of hydrogen-bond donors (Lipinski definition) is 2. The zero-order chi connectivity index (χ0) is 23.2. The van der Waals surface area contributed by atoms with Gasteiger partial charge in [0, 0.05) is 37.1 Å². The van der Waals surface area contributed by atoms with Crippen molar-refractivity contribution in [3.05, 3.63) is 102 Å². The van der Waals surface area contributed by atoms with Crippen LogP contribution >= 0.6 is 0 Å². The van der Waals surface area contributed by atoms with Crippen molar-refractivity contribution in [2.75, 3.05) is 11.9 Å². The zero-order valence-corrected chi connectivity index (χ0v) is 18.6. The average Bonchev–Trinajstić information content (AvgIpc) is 3.26. The third kappa shape index (κ3) is 5.70. The summed E-state index contributed by atoms with van der Waals surface area (Å²) in [5.74, 6) is 0.0412. The van der Waals surface area contributed by atoms with Crippen molar-refractivity contribution >= 4 is 11.7 Å². The molecular formula is C26H26FN5O. The van der Waals surface area contributed by atoms with E-state index in [4.69, 9.17) is 0 Å². The number of amides is 1. The minimum absolute atomic E-state index is 0.210. The molecule has 0 fully saturated rings. The van der Waals surface area contributed by atoms with Crippen molar-refractivity contribution in [1.29, 1.82) is 0 Å². The molecule has 1 atom stereocenters. The summed E-state index contributed by atoms with van der Waals surface area (Å²) in [6.07, 6.45) is 5.99. The van der Waals surface area contributed by atoms with Crippen molar-refractivity contribution in [1.82, 2.24) is 20.1 Å². The molecule has 0 aliphatic carbocycles. The van der Waals surface area contributed by atoms with E-state index in [9.17, 15) is 9.18 Å². The Bertz CT molecular complexity index is 1220. The fraction of sp³-hybridized carbons (Fsp3) is 0.192. The molecule has 2 heterocycles. The lowest BCUT2D eigenvalue weighted by molar-refractivity contribution is -0.118. The van der Waals surface area contributed by atoms with E-state index in [0.717, 1.165) is 22.3 Å². The summed E-state index contributed by atoms with van der Waals surface area (Å²) in [6, 6.07) is 17.8. The van der Waals surface area contributed by atoms with Gasteiger partial charge < -0.3 is 10.6 Å². The summed E-state index contributed by atoms with van der Waals surface area (Å²) < 4.78 is 15.6. The zero-order valence-electron chi connectivity index (χ0n) is 18.6. The predicted octanol–water partition coefficient (Wildman–Crippen LogP) is 4.44. The second-order valence-electron chi connectivity index (χ2n) is 7.96. The molecule has 0 unspecified atom stereocenters. The lowest BCUT2D eigenvalue weighted by atomic mass is 10.0. The molecule has 0 bridgehead atoms. The van der Waals surface area contributed by atoms with Crippen molar-refractivity contribution in [2.24, 2.45) is 7.05 Å². The van der Waals surface area contributed by atoms with Crippen molar-refractivity contribution < 1.29 is 9.18 Å². The first kappa shape index (κ1) is 22.4. The molecule has 0 radical (unpaired) electrons. The van der Waals surface area contributed by atoms with Crippen LogP contribution in [0.1, 0.15) is 22.7 Å². The van der Waals surface area contributed by atoms with Crippen LogP contribution < -0.4 is 10.6 Å². The highest BCUT2D eigenvalue weighted by Crippen LogP contribution is 2.20. The highest BCUT2D eigenvalue weighted by molar-refractivity contribution is 5.94. The number of halogens is 1. The summed E-state index contributed by atoms with van der Waals surface area (Å²) in [7, 11) is 1.86. The molecule has 0 aliphatic rings. The van der Waals surface area contributed by atoms with Gasteiger partial charge >= 0.3 is 0 Å². The number of carbonyl (C=O) groups excluding carboxylic acids is 1. The van der Waals surface area contributed by atoms with E-state index in [-0.39, 0.29) is 11.7 Å². The van der Waals surface area contributed by atoms with Crippen LogP contribution in [0.15, 0.2) is 79.3 Å². The molecule has 0 saturated carbocycles. The smallest absolute Gasteiger partial charge is 0.247 e. The molecular weight excluding hydrogens is 417 g/mol. The summed E-state index contributed by atoms with van der Waals surface area (Å²) >= 11 is 0. The Morgan fingerprint density at radius 1 is 1.06 bits per heavy atom. The SMILES string of the molecule is Cc1ccc(CCN[C@H](C(=O)Nc2ccc(-c3cnn(C)c3)cn2)c2ccccc2)cc1F. The Morgan fingerprint density at radius 2 is 1.88 bits per heavy atom. The molecule has 4 rings (SSSR count). The van der Waals surface area contributed by atoms with E-state index in [1.54, 1.807) is 42.2 Å². The largest absolute Gasteiger partial charge is 0.309 e. The van der Waals surface area contributed by atoms with Gasteiger partial charge in [0.1, 0.15) is 17.7 Å². The maximum Gasteiger partial charge on any atom is 0.247 e. The fourth-order valence-electron chi connectivity index (χ4n) is 3.57. The van der Waals surface area contributed by atoms with E-state index in [1.165, 1.54) is 0 Å². The normalized spacial score (nSPS) is 11.8. The average molecular weight is 444 g/mol. The van der Waals surface area contributed by atoms with Crippen LogP contribution in [0.4, 0.5) is 10.2 Å². The Kier molecular flexibility index (Phi) is 6.90. The van der Waals surface area contributed by atoms with Crippen LogP contribution in [0.25, 0.3) is 11.1 Å². The van der Waals surface area contributed by atoms with Crippen molar-refractivity contribution in [2.45, 2.75) is 19.4 Å². The van der Waals surface area contributed by atoms with Crippen LogP contribution in [0.3, 0.4) is 0 Å².